The van der Waals surface area contributed by atoms with Crippen molar-refractivity contribution in [3.05, 3.63) is 32.2 Å². The van der Waals surface area contributed by atoms with E-state index in [2.05, 4.69) is 4.98 Å². The van der Waals surface area contributed by atoms with Gasteiger partial charge in [0.2, 0.25) is 5.43 Å². The van der Waals surface area contributed by atoms with E-state index < -0.39 is 17.0 Å². The lowest BCUT2D eigenvalue weighted by Crippen LogP contribution is -2.15. The van der Waals surface area contributed by atoms with Gasteiger partial charge in [0, 0.05) is 6.20 Å². The van der Waals surface area contributed by atoms with E-state index in [1.54, 1.807) is 0 Å². The van der Waals surface area contributed by atoms with Crippen LogP contribution in [0.5, 0.6) is 0 Å². The second kappa shape index (κ2) is 3.16. The summed E-state index contributed by atoms with van der Waals surface area (Å²) < 4.78 is 0. The maximum absolute atomic E-state index is 11.0. The van der Waals surface area contributed by atoms with Gasteiger partial charge >= 0.3 is 5.97 Å². The lowest BCUT2D eigenvalue weighted by Gasteiger charge is -1.96. The Kier molecular flexibility index (Phi) is 2.40. The minimum absolute atomic E-state index is 0.0633. The van der Waals surface area contributed by atoms with Crippen LogP contribution >= 0.6 is 23.2 Å². The third kappa shape index (κ3) is 1.44. The SMILES string of the molecule is O=C(O)c1c[nH]c(Cl)c(Cl)c1=O. The van der Waals surface area contributed by atoms with Gasteiger partial charge < -0.3 is 10.1 Å². The molecule has 0 radical (unpaired) electrons. The van der Waals surface area contributed by atoms with E-state index in [9.17, 15) is 9.59 Å². The zero-order chi connectivity index (χ0) is 9.30. The number of carboxylic acid groups (broad SMARTS) is 1. The average molecular weight is 208 g/mol. The number of H-pyrrole nitrogens is 1. The molecule has 0 aliphatic heterocycles. The lowest BCUT2D eigenvalue weighted by molar-refractivity contribution is 0.0695. The van der Waals surface area contributed by atoms with Crippen LogP contribution in [0.3, 0.4) is 0 Å². The highest BCUT2D eigenvalue weighted by Gasteiger charge is 2.12. The van der Waals surface area contributed by atoms with Gasteiger partial charge in [-0.3, -0.25) is 4.79 Å². The van der Waals surface area contributed by atoms with Gasteiger partial charge in [0.05, 0.1) is 0 Å². The van der Waals surface area contributed by atoms with E-state index in [4.69, 9.17) is 28.3 Å². The number of aromatic amines is 1. The maximum atomic E-state index is 11.0. The van der Waals surface area contributed by atoms with Crippen LogP contribution < -0.4 is 5.43 Å². The van der Waals surface area contributed by atoms with Crippen LogP contribution in [-0.4, -0.2) is 16.1 Å². The highest BCUT2D eigenvalue weighted by molar-refractivity contribution is 6.41. The van der Waals surface area contributed by atoms with Crippen molar-refractivity contribution in [1.82, 2.24) is 4.98 Å². The van der Waals surface area contributed by atoms with Crippen LogP contribution in [0.4, 0.5) is 0 Å². The first kappa shape index (κ1) is 9.09. The zero-order valence-electron chi connectivity index (χ0n) is 5.60. The van der Waals surface area contributed by atoms with Crippen LogP contribution in [0.25, 0.3) is 0 Å². The molecule has 1 aromatic heterocycles. The van der Waals surface area contributed by atoms with Crippen molar-refractivity contribution in [3.8, 4) is 0 Å². The monoisotopic (exact) mass is 207 g/mol. The summed E-state index contributed by atoms with van der Waals surface area (Å²) in [7, 11) is 0. The van der Waals surface area contributed by atoms with E-state index in [0.29, 0.717) is 0 Å². The topological polar surface area (TPSA) is 70.2 Å². The number of rotatable bonds is 1. The summed E-state index contributed by atoms with van der Waals surface area (Å²) in [5.41, 5.74) is -1.21. The fraction of sp³-hybridized carbons (Fsp3) is 0. The molecule has 64 valence electrons. The van der Waals surface area contributed by atoms with Gasteiger partial charge in [0.25, 0.3) is 0 Å². The molecule has 0 fully saturated rings. The molecule has 2 N–H and O–H groups in total. The van der Waals surface area contributed by atoms with Crippen LogP contribution in [-0.2, 0) is 0 Å². The second-order valence-corrected chi connectivity index (χ2v) is 2.72. The fourth-order valence-corrected chi connectivity index (χ4v) is 0.938. The number of carboxylic acids is 1. The zero-order valence-corrected chi connectivity index (χ0v) is 7.11. The molecule has 0 saturated carbocycles. The molecule has 0 aliphatic carbocycles. The Balaban J connectivity index is 3.47. The van der Waals surface area contributed by atoms with E-state index >= 15 is 0 Å². The lowest BCUT2D eigenvalue weighted by atomic mass is 10.3. The summed E-state index contributed by atoms with van der Waals surface area (Å²) in [6.45, 7) is 0. The summed E-state index contributed by atoms with van der Waals surface area (Å²) in [5.74, 6) is -1.34. The first-order valence-electron chi connectivity index (χ1n) is 2.84. The summed E-state index contributed by atoms with van der Waals surface area (Å²) in [5, 5.41) is 8.09. The standard InChI is InChI=1S/C6H3Cl2NO3/c7-3-4(10)2(6(11)12)1-9-5(3)8/h1H,(H,9,10)(H,11,12). The number of aromatic carboxylic acids is 1. The van der Waals surface area contributed by atoms with Crippen molar-refractivity contribution < 1.29 is 9.90 Å². The number of carbonyl (C=O) groups is 1. The Morgan fingerprint density at radius 3 is 2.58 bits per heavy atom. The highest BCUT2D eigenvalue weighted by Crippen LogP contribution is 2.13. The first-order chi connectivity index (χ1) is 5.54. The number of hydrogen-bond acceptors (Lipinski definition) is 2. The Labute approximate surface area is 76.7 Å². The van der Waals surface area contributed by atoms with Crippen molar-refractivity contribution in [1.29, 1.82) is 0 Å². The minimum Gasteiger partial charge on any atom is -0.477 e. The second-order valence-electron chi connectivity index (χ2n) is 1.96. The molecule has 0 unspecified atom stereocenters. The molecule has 0 bridgehead atoms. The molecule has 1 rings (SSSR count). The van der Waals surface area contributed by atoms with Crippen LogP contribution in [0, 0.1) is 0 Å². The van der Waals surface area contributed by atoms with Gasteiger partial charge in [0.1, 0.15) is 15.7 Å². The van der Waals surface area contributed by atoms with Crippen molar-refractivity contribution in [2.45, 2.75) is 0 Å². The van der Waals surface area contributed by atoms with Gasteiger partial charge in [0.15, 0.2) is 0 Å². The smallest absolute Gasteiger partial charge is 0.341 e. The van der Waals surface area contributed by atoms with Gasteiger partial charge in [-0.05, 0) is 0 Å². The number of hydrogen-bond donors (Lipinski definition) is 2. The predicted octanol–water partition coefficient (Wildman–Crippen LogP) is 1.38. The number of aromatic nitrogens is 1. The van der Waals surface area contributed by atoms with Crippen molar-refractivity contribution in [3.63, 3.8) is 0 Å². The fourth-order valence-electron chi connectivity index (χ4n) is 0.641. The third-order valence-corrected chi connectivity index (χ3v) is 1.97. The number of halogens is 2. The van der Waals surface area contributed by atoms with E-state index in [0.717, 1.165) is 6.20 Å². The summed E-state index contributed by atoms with van der Waals surface area (Å²) in [4.78, 5) is 23.7. The van der Waals surface area contributed by atoms with Crippen molar-refractivity contribution in [2.75, 3.05) is 0 Å². The molecule has 0 atom stereocenters. The molecule has 1 heterocycles. The molecule has 0 aliphatic rings. The Morgan fingerprint density at radius 2 is 2.08 bits per heavy atom. The van der Waals surface area contributed by atoms with Crippen molar-refractivity contribution >= 4 is 29.2 Å². The third-order valence-electron chi connectivity index (χ3n) is 1.21. The number of pyridine rings is 1. The molecule has 12 heavy (non-hydrogen) atoms. The van der Waals surface area contributed by atoms with Crippen LogP contribution in [0.1, 0.15) is 10.4 Å². The Bertz CT molecular complexity index is 385. The van der Waals surface area contributed by atoms with Gasteiger partial charge in [-0.1, -0.05) is 23.2 Å². The molecule has 1 aromatic rings. The van der Waals surface area contributed by atoms with Gasteiger partial charge in [-0.15, -0.1) is 0 Å². The molecule has 0 amide bonds. The highest BCUT2D eigenvalue weighted by atomic mass is 35.5. The summed E-state index contributed by atoms with van der Waals surface area (Å²) >= 11 is 10.8. The largest absolute Gasteiger partial charge is 0.477 e. The first-order valence-corrected chi connectivity index (χ1v) is 3.59. The van der Waals surface area contributed by atoms with Crippen LogP contribution in [0.2, 0.25) is 10.2 Å². The van der Waals surface area contributed by atoms with E-state index in [-0.39, 0.29) is 10.2 Å². The molecular formula is C6H3Cl2NO3. The quantitative estimate of drug-likeness (QED) is 0.684. The van der Waals surface area contributed by atoms with Gasteiger partial charge in [-0.25, -0.2) is 4.79 Å². The molecule has 4 nitrogen and oxygen atoms in total. The molecule has 6 heteroatoms. The number of nitrogens with one attached hydrogen (secondary N) is 1. The van der Waals surface area contributed by atoms with E-state index in [1.165, 1.54) is 0 Å². The Morgan fingerprint density at radius 1 is 1.50 bits per heavy atom. The minimum atomic E-state index is -1.34. The Hall–Kier alpha value is -1.00. The molecule has 0 spiro atoms. The van der Waals surface area contributed by atoms with Crippen molar-refractivity contribution in [2.24, 2.45) is 0 Å². The van der Waals surface area contributed by atoms with E-state index in [1.807, 2.05) is 0 Å². The molecule has 0 aromatic carbocycles. The van der Waals surface area contributed by atoms with Gasteiger partial charge in [-0.2, -0.15) is 0 Å². The maximum Gasteiger partial charge on any atom is 0.341 e. The normalized spacial score (nSPS) is 9.83. The predicted molar refractivity (Wildman–Crippen MR) is 44.0 cm³/mol. The summed E-state index contributed by atoms with van der Waals surface area (Å²) in [6.07, 6.45) is 0.999. The summed E-state index contributed by atoms with van der Waals surface area (Å²) in [6, 6.07) is 0. The molecular weight excluding hydrogens is 205 g/mol. The molecule has 0 saturated heterocycles. The average Bonchev–Trinajstić information content (AvgIpc) is 2.00. The van der Waals surface area contributed by atoms with Crippen LogP contribution in [0.15, 0.2) is 11.0 Å².